The van der Waals surface area contributed by atoms with Crippen LogP contribution in [0, 0.1) is 6.92 Å². The molecule has 0 atom stereocenters. The maximum Gasteiger partial charge on any atom is 0.303 e. The number of aryl methyl sites for hydroxylation is 1. The van der Waals surface area contributed by atoms with E-state index in [4.69, 9.17) is 9.52 Å². The van der Waals surface area contributed by atoms with Gasteiger partial charge in [0.05, 0.1) is 17.5 Å². The van der Waals surface area contributed by atoms with Gasteiger partial charge >= 0.3 is 5.97 Å². The van der Waals surface area contributed by atoms with Gasteiger partial charge in [0.2, 0.25) is 0 Å². The molecule has 0 saturated heterocycles. The molecule has 0 unspecified atom stereocenters. The first-order valence-corrected chi connectivity index (χ1v) is 6.59. The van der Waals surface area contributed by atoms with Crippen LogP contribution < -0.4 is 5.32 Å². The third-order valence-electron chi connectivity index (χ3n) is 2.96. The molecule has 6 heteroatoms. The van der Waals surface area contributed by atoms with Crippen molar-refractivity contribution in [2.45, 2.75) is 19.8 Å². The summed E-state index contributed by atoms with van der Waals surface area (Å²) in [5.41, 5.74) is 1.74. The van der Waals surface area contributed by atoms with E-state index in [1.165, 1.54) is 0 Å². The van der Waals surface area contributed by atoms with Crippen LogP contribution in [-0.4, -0.2) is 28.5 Å². The highest BCUT2D eigenvalue weighted by Gasteiger charge is 2.12. The van der Waals surface area contributed by atoms with E-state index in [1.807, 2.05) is 0 Å². The van der Waals surface area contributed by atoms with E-state index in [-0.39, 0.29) is 12.3 Å². The summed E-state index contributed by atoms with van der Waals surface area (Å²) in [4.78, 5) is 26.7. The van der Waals surface area contributed by atoms with E-state index >= 15 is 0 Å². The van der Waals surface area contributed by atoms with Crippen molar-refractivity contribution in [1.82, 2.24) is 10.3 Å². The number of aliphatic carboxylic acids is 1. The molecule has 0 radical (unpaired) electrons. The molecule has 2 aromatic heterocycles. The Balaban J connectivity index is 2.00. The molecule has 0 fully saturated rings. The van der Waals surface area contributed by atoms with E-state index in [0.717, 1.165) is 0 Å². The number of carbonyl (C=O) groups is 2. The molecule has 6 nitrogen and oxygen atoms in total. The van der Waals surface area contributed by atoms with Gasteiger partial charge in [0.25, 0.3) is 5.91 Å². The van der Waals surface area contributed by atoms with Crippen molar-refractivity contribution in [3.05, 3.63) is 41.8 Å². The van der Waals surface area contributed by atoms with Crippen molar-refractivity contribution >= 4 is 11.9 Å². The first kappa shape index (κ1) is 14.8. The Morgan fingerprint density at radius 3 is 2.76 bits per heavy atom. The Bertz CT molecular complexity index is 635. The molecule has 1 amide bonds. The van der Waals surface area contributed by atoms with Crippen molar-refractivity contribution in [3.8, 4) is 11.5 Å². The summed E-state index contributed by atoms with van der Waals surface area (Å²) in [5, 5.41) is 11.2. The first-order valence-electron chi connectivity index (χ1n) is 6.59. The van der Waals surface area contributed by atoms with Crippen LogP contribution in [0.2, 0.25) is 0 Å². The fourth-order valence-electron chi connectivity index (χ4n) is 1.90. The van der Waals surface area contributed by atoms with Gasteiger partial charge in [-0.3, -0.25) is 9.59 Å². The molecule has 0 aliphatic heterocycles. The molecule has 21 heavy (non-hydrogen) atoms. The van der Waals surface area contributed by atoms with E-state index in [9.17, 15) is 9.59 Å². The SMILES string of the molecule is Cc1nc(-c2ccco2)ccc1C(=O)NCCCC(=O)O. The lowest BCUT2D eigenvalue weighted by molar-refractivity contribution is -0.137. The number of hydrogen-bond acceptors (Lipinski definition) is 4. The van der Waals surface area contributed by atoms with Crippen LogP contribution in [0.1, 0.15) is 28.9 Å². The van der Waals surface area contributed by atoms with Gasteiger partial charge in [0.1, 0.15) is 5.69 Å². The van der Waals surface area contributed by atoms with Crippen molar-refractivity contribution in [2.24, 2.45) is 0 Å². The molecule has 0 aliphatic carbocycles. The molecule has 0 aliphatic rings. The summed E-state index contributed by atoms with van der Waals surface area (Å²) in [6.45, 7) is 2.07. The van der Waals surface area contributed by atoms with Crippen LogP contribution in [0.15, 0.2) is 34.9 Å². The van der Waals surface area contributed by atoms with Crippen LogP contribution in [0.4, 0.5) is 0 Å². The van der Waals surface area contributed by atoms with Gasteiger partial charge in [-0.2, -0.15) is 0 Å². The number of carboxylic acid groups (broad SMARTS) is 1. The first-order chi connectivity index (χ1) is 10.1. The van der Waals surface area contributed by atoms with Gasteiger partial charge in [-0.05, 0) is 37.6 Å². The van der Waals surface area contributed by atoms with Crippen molar-refractivity contribution in [1.29, 1.82) is 0 Å². The van der Waals surface area contributed by atoms with Gasteiger partial charge in [-0.15, -0.1) is 0 Å². The topological polar surface area (TPSA) is 92.4 Å². The highest BCUT2D eigenvalue weighted by molar-refractivity contribution is 5.95. The van der Waals surface area contributed by atoms with Crippen LogP contribution in [-0.2, 0) is 4.79 Å². The molecule has 2 N–H and O–H groups in total. The maximum atomic E-state index is 12.0. The smallest absolute Gasteiger partial charge is 0.303 e. The van der Waals surface area contributed by atoms with Gasteiger partial charge in [0, 0.05) is 13.0 Å². The Morgan fingerprint density at radius 1 is 1.33 bits per heavy atom. The number of carboxylic acids is 1. The van der Waals surface area contributed by atoms with E-state index in [0.29, 0.717) is 35.7 Å². The summed E-state index contributed by atoms with van der Waals surface area (Å²) < 4.78 is 5.26. The highest BCUT2D eigenvalue weighted by atomic mass is 16.4. The number of nitrogens with one attached hydrogen (secondary N) is 1. The van der Waals surface area contributed by atoms with Crippen LogP contribution in [0.25, 0.3) is 11.5 Å². The van der Waals surface area contributed by atoms with Gasteiger partial charge in [-0.1, -0.05) is 0 Å². The minimum Gasteiger partial charge on any atom is -0.481 e. The summed E-state index contributed by atoms with van der Waals surface area (Å²) >= 11 is 0. The van der Waals surface area contributed by atoms with E-state index < -0.39 is 5.97 Å². The number of nitrogens with zero attached hydrogens (tertiary/aromatic N) is 1. The fourth-order valence-corrected chi connectivity index (χ4v) is 1.90. The Hall–Kier alpha value is -2.63. The zero-order chi connectivity index (χ0) is 15.2. The number of pyridine rings is 1. The molecule has 2 heterocycles. The lowest BCUT2D eigenvalue weighted by Gasteiger charge is -2.07. The quantitative estimate of drug-likeness (QED) is 0.795. The van der Waals surface area contributed by atoms with Crippen molar-refractivity contribution in [3.63, 3.8) is 0 Å². The largest absolute Gasteiger partial charge is 0.481 e. The van der Waals surface area contributed by atoms with Crippen LogP contribution >= 0.6 is 0 Å². The van der Waals surface area contributed by atoms with Crippen molar-refractivity contribution in [2.75, 3.05) is 6.54 Å². The number of amides is 1. The van der Waals surface area contributed by atoms with E-state index in [2.05, 4.69) is 10.3 Å². The minimum absolute atomic E-state index is 0.0367. The zero-order valence-corrected chi connectivity index (χ0v) is 11.6. The zero-order valence-electron chi connectivity index (χ0n) is 11.6. The monoisotopic (exact) mass is 288 g/mol. The number of rotatable bonds is 6. The predicted octanol–water partition coefficient (Wildman–Crippen LogP) is 2.24. The normalized spacial score (nSPS) is 10.3. The molecular weight excluding hydrogens is 272 g/mol. The molecule has 0 bridgehead atoms. The van der Waals surface area contributed by atoms with Crippen LogP contribution in [0.5, 0.6) is 0 Å². The van der Waals surface area contributed by atoms with Crippen LogP contribution in [0.3, 0.4) is 0 Å². The Kier molecular flexibility index (Phi) is 4.71. The fraction of sp³-hybridized carbons (Fsp3) is 0.267. The molecule has 0 spiro atoms. The molecule has 0 saturated carbocycles. The lowest BCUT2D eigenvalue weighted by Crippen LogP contribution is -2.25. The van der Waals surface area contributed by atoms with Gasteiger partial charge < -0.3 is 14.8 Å². The second-order valence-electron chi connectivity index (χ2n) is 4.56. The second-order valence-corrected chi connectivity index (χ2v) is 4.56. The molecule has 0 aromatic carbocycles. The summed E-state index contributed by atoms with van der Waals surface area (Å²) in [5.74, 6) is -0.479. The number of hydrogen-bond donors (Lipinski definition) is 2. The third-order valence-corrected chi connectivity index (χ3v) is 2.96. The van der Waals surface area contributed by atoms with E-state index in [1.54, 1.807) is 37.5 Å². The standard InChI is InChI=1S/C15H16N2O4/c1-10-11(15(20)16-8-2-5-14(18)19)6-7-12(17-10)13-4-3-9-21-13/h3-4,6-7,9H,2,5,8H2,1H3,(H,16,20)(H,18,19). The number of furan rings is 1. The second kappa shape index (κ2) is 6.69. The van der Waals surface area contributed by atoms with Gasteiger partial charge in [-0.25, -0.2) is 4.98 Å². The Morgan fingerprint density at radius 2 is 2.14 bits per heavy atom. The predicted molar refractivity (Wildman–Crippen MR) is 75.9 cm³/mol. The number of aromatic nitrogens is 1. The average Bonchev–Trinajstić information content (AvgIpc) is 2.97. The minimum atomic E-state index is -0.870. The lowest BCUT2D eigenvalue weighted by atomic mass is 10.1. The highest BCUT2D eigenvalue weighted by Crippen LogP contribution is 2.19. The summed E-state index contributed by atoms with van der Waals surface area (Å²) in [6.07, 6.45) is 2.00. The molecule has 110 valence electrons. The summed E-state index contributed by atoms with van der Waals surface area (Å²) in [6, 6.07) is 6.98. The molecular formula is C15H16N2O4. The van der Waals surface area contributed by atoms with Gasteiger partial charge in [0.15, 0.2) is 5.76 Å². The average molecular weight is 288 g/mol. The molecule has 2 rings (SSSR count). The maximum absolute atomic E-state index is 12.0. The van der Waals surface area contributed by atoms with Crippen molar-refractivity contribution < 1.29 is 19.1 Å². The Labute approximate surface area is 121 Å². The third kappa shape index (κ3) is 3.92. The molecule has 2 aromatic rings. The number of carbonyl (C=O) groups excluding carboxylic acids is 1. The summed E-state index contributed by atoms with van der Waals surface area (Å²) in [7, 11) is 0.